The van der Waals surface area contributed by atoms with E-state index in [0.29, 0.717) is 6.54 Å². The Morgan fingerprint density at radius 3 is 3.14 bits per heavy atom. The third-order valence-electron chi connectivity index (χ3n) is 2.40. The number of carbonyl (C=O) groups is 1. The fraction of sp³-hybridized carbons (Fsp3) is 0.400. The molecule has 1 aliphatic heterocycles. The van der Waals surface area contributed by atoms with Gasteiger partial charge in [-0.25, -0.2) is 4.79 Å². The number of nitrogens with one attached hydrogen (secondary N) is 1. The molecule has 0 aliphatic carbocycles. The fourth-order valence-electron chi connectivity index (χ4n) is 1.53. The van der Waals surface area contributed by atoms with E-state index >= 15 is 0 Å². The lowest BCUT2D eigenvalue weighted by Gasteiger charge is -2.14. The fourth-order valence-corrected chi connectivity index (χ4v) is 1.53. The molecule has 2 rings (SSSR count). The van der Waals surface area contributed by atoms with Crippen LogP contribution in [0.25, 0.3) is 0 Å². The molecule has 0 atom stereocenters. The molecule has 0 spiro atoms. The van der Waals surface area contributed by atoms with Crippen molar-refractivity contribution in [1.29, 1.82) is 0 Å². The normalized spacial score (nSPS) is 15.8. The van der Waals surface area contributed by atoms with E-state index in [-0.39, 0.29) is 6.03 Å². The summed E-state index contributed by atoms with van der Waals surface area (Å²) in [5.74, 6) is 0. The molecule has 0 radical (unpaired) electrons. The monoisotopic (exact) mass is 191 g/mol. The number of rotatable bonds is 2. The summed E-state index contributed by atoms with van der Waals surface area (Å²) < 4.78 is 0. The van der Waals surface area contributed by atoms with Gasteiger partial charge in [-0.05, 0) is 18.6 Å². The van der Waals surface area contributed by atoms with Crippen molar-refractivity contribution in [3.05, 3.63) is 29.6 Å². The highest BCUT2D eigenvalue weighted by molar-refractivity contribution is 5.76. The maximum absolute atomic E-state index is 11.3. The predicted octanol–water partition coefficient (Wildman–Crippen LogP) is 0.915. The maximum Gasteiger partial charge on any atom is 0.317 e. The molecule has 1 aromatic rings. The van der Waals surface area contributed by atoms with Gasteiger partial charge in [0.25, 0.3) is 0 Å². The second kappa shape index (κ2) is 3.65. The summed E-state index contributed by atoms with van der Waals surface area (Å²) in [5, 5.41) is 2.77. The minimum Gasteiger partial charge on any atom is -0.336 e. The van der Waals surface area contributed by atoms with Gasteiger partial charge in [0.05, 0.1) is 12.2 Å². The Hall–Kier alpha value is -1.58. The summed E-state index contributed by atoms with van der Waals surface area (Å²) in [6, 6.07) is 3.93. The number of amides is 2. The van der Waals surface area contributed by atoms with Gasteiger partial charge in [0, 0.05) is 19.3 Å². The second-order valence-electron chi connectivity index (χ2n) is 3.42. The Morgan fingerprint density at radius 2 is 2.50 bits per heavy atom. The van der Waals surface area contributed by atoms with Crippen LogP contribution in [0.1, 0.15) is 11.3 Å². The summed E-state index contributed by atoms with van der Waals surface area (Å²) in [7, 11) is 0. The van der Waals surface area contributed by atoms with E-state index < -0.39 is 0 Å². The molecule has 0 bridgehead atoms. The number of nitrogens with zero attached hydrogens (tertiary/aromatic N) is 2. The lowest BCUT2D eigenvalue weighted by molar-refractivity contribution is 0.215. The van der Waals surface area contributed by atoms with Gasteiger partial charge in [-0.15, -0.1) is 0 Å². The van der Waals surface area contributed by atoms with Crippen molar-refractivity contribution in [2.75, 3.05) is 13.1 Å². The van der Waals surface area contributed by atoms with Crippen molar-refractivity contribution in [2.24, 2.45) is 0 Å². The number of pyridine rings is 1. The highest BCUT2D eigenvalue weighted by Gasteiger charge is 2.20. The molecule has 0 unspecified atom stereocenters. The van der Waals surface area contributed by atoms with Gasteiger partial charge in [0.15, 0.2) is 0 Å². The van der Waals surface area contributed by atoms with E-state index in [1.165, 1.54) is 0 Å². The summed E-state index contributed by atoms with van der Waals surface area (Å²) in [6.07, 6.45) is 1.76. The second-order valence-corrected chi connectivity index (χ2v) is 3.42. The van der Waals surface area contributed by atoms with E-state index in [1.54, 1.807) is 11.1 Å². The number of urea groups is 1. The van der Waals surface area contributed by atoms with Gasteiger partial charge in [-0.1, -0.05) is 6.07 Å². The Bertz CT molecular complexity index is 351. The molecule has 0 aromatic carbocycles. The van der Waals surface area contributed by atoms with Crippen molar-refractivity contribution >= 4 is 6.03 Å². The molecule has 4 heteroatoms. The lowest BCUT2D eigenvalue weighted by atomic mass is 10.2. The predicted molar refractivity (Wildman–Crippen MR) is 52.8 cm³/mol. The number of aryl methyl sites for hydroxylation is 1. The highest BCUT2D eigenvalue weighted by atomic mass is 16.2. The van der Waals surface area contributed by atoms with Crippen molar-refractivity contribution in [2.45, 2.75) is 13.5 Å². The Kier molecular flexibility index (Phi) is 2.35. The van der Waals surface area contributed by atoms with Crippen LogP contribution < -0.4 is 5.32 Å². The van der Waals surface area contributed by atoms with Gasteiger partial charge in [-0.2, -0.15) is 0 Å². The Labute approximate surface area is 82.9 Å². The highest BCUT2D eigenvalue weighted by Crippen LogP contribution is 2.08. The summed E-state index contributed by atoms with van der Waals surface area (Å²) >= 11 is 0. The van der Waals surface area contributed by atoms with Gasteiger partial charge < -0.3 is 10.2 Å². The zero-order chi connectivity index (χ0) is 9.97. The molecule has 2 heterocycles. The van der Waals surface area contributed by atoms with E-state index in [1.807, 2.05) is 19.1 Å². The molecule has 2 amide bonds. The average Bonchev–Trinajstić information content (AvgIpc) is 2.56. The third-order valence-corrected chi connectivity index (χ3v) is 2.40. The Morgan fingerprint density at radius 1 is 1.64 bits per heavy atom. The molecular formula is C10H13N3O. The molecular weight excluding hydrogens is 178 g/mol. The Balaban J connectivity index is 2.10. The van der Waals surface area contributed by atoms with Crippen LogP contribution in [0.5, 0.6) is 0 Å². The summed E-state index contributed by atoms with van der Waals surface area (Å²) in [4.78, 5) is 17.3. The van der Waals surface area contributed by atoms with Crippen LogP contribution in [0.15, 0.2) is 18.3 Å². The largest absolute Gasteiger partial charge is 0.336 e. The van der Waals surface area contributed by atoms with E-state index in [4.69, 9.17) is 0 Å². The quantitative estimate of drug-likeness (QED) is 0.755. The first kappa shape index (κ1) is 8.99. The van der Waals surface area contributed by atoms with Gasteiger partial charge in [0.1, 0.15) is 0 Å². The summed E-state index contributed by atoms with van der Waals surface area (Å²) in [5.41, 5.74) is 2.11. The van der Waals surface area contributed by atoms with Crippen molar-refractivity contribution in [3.8, 4) is 0 Å². The van der Waals surface area contributed by atoms with Crippen LogP contribution in [0.2, 0.25) is 0 Å². The average molecular weight is 191 g/mol. The number of aromatic nitrogens is 1. The topological polar surface area (TPSA) is 45.2 Å². The molecule has 1 aliphatic rings. The minimum atomic E-state index is 0.00931. The standard InChI is InChI=1S/C10H13N3O/c1-8-3-2-4-11-9(8)7-13-6-5-12-10(13)14/h2-4H,5-7H2,1H3,(H,12,14). The molecule has 14 heavy (non-hydrogen) atoms. The molecule has 74 valence electrons. The van der Waals surface area contributed by atoms with E-state index in [0.717, 1.165) is 24.3 Å². The van der Waals surface area contributed by atoms with Crippen LogP contribution in [-0.2, 0) is 6.54 Å². The van der Waals surface area contributed by atoms with Crippen LogP contribution in [-0.4, -0.2) is 29.0 Å². The lowest BCUT2D eigenvalue weighted by Crippen LogP contribution is -2.28. The first-order valence-electron chi connectivity index (χ1n) is 4.70. The zero-order valence-electron chi connectivity index (χ0n) is 8.16. The van der Waals surface area contributed by atoms with Crippen LogP contribution in [0.3, 0.4) is 0 Å². The van der Waals surface area contributed by atoms with Crippen LogP contribution >= 0.6 is 0 Å². The van der Waals surface area contributed by atoms with Crippen LogP contribution in [0.4, 0.5) is 4.79 Å². The molecule has 1 saturated heterocycles. The maximum atomic E-state index is 11.3. The van der Waals surface area contributed by atoms with Crippen molar-refractivity contribution in [1.82, 2.24) is 15.2 Å². The first-order valence-corrected chi connectivity index (χ1v) is 4.70. The molecule has 1 fully saturated rings. The van der Waals surface area contributed by atoms with Gasteiger partial charge in [0.2, 0.25) is 0 Å². The third kappa shape index (κ3) is 1.69. The van der Waals surface area contributed by atoms with Crippen molar-refractivity contribution < 1.29 is 4.79 Å². The molecule has 1 aromatic heterocycles. The SMILES string of the molecule is Cc1cccnc1CN1CCNC1=O. The number of hydrogen-bond donors (Lipinski definition) is 1. The van der Waals surface area contributed by atoms with E-state index in [9.17, 15) is 4.79 Å². The zero-order valence-corrected chi connectivity index (χ0v) is 8.16. The molecule has 0 saturated carbocycles. The van der Waals surface area contributed by atoms with E-state index in [2.05, 4.69) is 10.3 Å². The van der Waals surface area contributed by atoms with Gasteiger partial charge in [-0.3, -0.25) is 4.98 Å². The molecule has 1 N–H and O–H groups in total. The molecule has 4 nitrogen and oxygen atoms in total. The van der Waals surface area contributed by atoms with Crippen molar-refractivity contribution in [3.63, 3.8) is 0 Å². The minimum absolute atomic E-state index is 0.00931. The van der Waals surface area contributed by atoms with Gasteiger partial charge >= 0.3 is 6.03 Å². The summed E-state index contributed by atoms with van der Waals surface area (Å²) in [6.45, 7) is 4.13. The number of hydrogen-bond acceptors (Lipinski definition) is 2. The van der Waals surface area contributed by atoms with Crippen LogP contribution in [0, 0.1) is 6.92 Å². The first-order chi connectivity index (χ1) is 6.77. The number of carbonyl (C=O) groups excluding carboxylic acids is 1. The smallest absolute Gasteiger partial charge is 0.317 e.